The maximum absolute atomic E-state index is 11.8. The van der Waals surface area contributed by atoms with E-state index < -0.39 is 24.6 Å². The van der Waals surface area contributed by atoms with E-state index in [1.54, 1.807) is 0 Å². The summed E-state index contributed by atoms with van der Waals surface area (Å²) in [7, 11) is 0. The van der Waals surface area contributed by atoms with E-state index in [9.17, 15) is 22.4 Å². The molecule has 0 saturated heterocycles. The molecule has 0 heterocycles. The highest BCUT2D eigenvalue weighted by atomic mass is 19.4. The average molecular weight is 198 g/mol. The van der Waals surface area contributed by atoms with Gasteiger partial charge in [-0.25, -0.2) is 4.79 Å². The van der Waals surface area contributed by atoms with E-state index in [1.807, 2.05) is 0 Å². The van der Waals surface area contributed by atoms with Gasteiger partial charge < -0.3 is 4.74 Å². The molecule has 0 aromatic heterocycles. The van der Waals surface area contributed by atoms with Crippen molar-refractivity contribution in [2.45, 2.75) is 6.18 Å². The Balaban J connectivity index is 3.75. The zero-order valence-corrected chi connectivity index (χ0v) is 6.40. The lowest BCUT2D eigenvalue weighted by atomic mass is 10.5. The van der Waals surface area contributed by atoms with Gasteiger partial charge in [-0.1, -0.05) is 6.58 Å². The Bertz CT molecular complexity index is 229. The fourth-order valence-corrected chi connectivity index (χ4v) is 0.384. The zero-order valence-electron chi connectivity index (χ0n) is 6.40. The summed E-state index contributed by atoms with van der Waals surface area (Å²) >= 11 is 0. The maximum atomic E-state index is 11.8. The molecule has 0 aromatic rings. The molecule has 0 spiro atoms. The molecule has 0 amide bonds. The molecule has 0 saturated carbocycles. The first kappa shape index (κ1) is 11.7. The summed E-state index contributed by atoms with van der Waals surface area (Å²) in [5.41, 5.74) is 0. The molecule has 6 heteroatoms. The lowest BCUT2D eigenvalue weighted by Gasteiger charge is -1.99. The number of ether oxygens (including phenoxy) is 1. The standard InChI is InChI=1S/C7H6F4O2/c1-5(8)6(12)13-4-2-3-7(9,10)11/h2-3H,1,4H2/b3-2+. The van der Waals surface area contributed by atoms with Crippen LogP contribution >= 0.6 is 0 Å². The molecule has 0 atom stereocenters. The van der Waals surface area contributed by atoms with Gasteiger partial charge in [0.25, 0.3) is 0 Å². The first-order valence-electron chi connectivity index (χ1n) is 3.09. The van der Waals surface area contributed by atoms with Crippen molar-refractivity contribution in [1.82, 2.24) is 0 Å². The number of hydrogen-bond acceptors (Lipinski definition) is 2. The van der Waals surface area contributed by atoms with Crippen LogP contribution < -0.4 is 0 Å². The second-order valence-corrected chi connectivity index (χ2v) is 1.95. The van der Waals surface area contributed by atoms with Crippen molar-refractivity contribution < 1.29 is 27.1 Å². The molecule has 2 nitrogen and oxygen atoms in total. The molecule has 0 bridgehead atoms. The van der Waals surface area contributed by atoms with E-state index in [1.165, 1.54) is 0 Å². The second-order valence-electron chi connectivity index (χ2n) is 1.95. The van der Waals surface area contributed by atoms with Crippen LogP contribution in [0, 0.1) is 0 Å². The highest BCUT2D eigenvalue weighted by Crippen LogP contribution is 2.15. The molecule has 0 aliphatic heterocycles. The Hall–Kier alpha value is -1.33. The number of carbonyl (C=O) groups is 1. The van der Waals surface area contributed by atoms with Gasteiger partial charge >= 0.3 is 12.1 Å². The Kier molecular flexibility index (Phi) is 4.16. The summed E-state index contributed by atoms with van der Waals surface area (Å²) in [5, 5.41) is 0. The molecule has 0 radical (unpaired) electrons. The molecule has 0 aliphatic rings. The predicted molar refractivity (Wildman–Crippen MR) is 36.4 cm³/mol. The number of halogens is 4. The summed E-state index contributed by atoms with van der Waals surface area (Å²) < 4.78 is 50.1. The largest absolute Gasteiger partial charge is 0.456 e. The molecular formula is C7H6F4O2. The Morgan fingerprint density at radius 2 is 2.00 bits per heavy atom. The summed E-state index contributed by atoms with van der Waals surface area (Å²) in [6, 6.07) is 0. The van der Waals surface area contributed by atoms with Gasteiger partial charge in [-0.15, -0.1) is 0 Å². The molecule has 0 N–H and O–H groups in total. The van der Waals surface area contributed by atoms with Crippen LogP contribution in [0.4, 0.5) is 17.6 Å². The summed E-state index contributed by atoms with van der Waals surface area (Å²) in [4.78, 5) is 10.3. The van der Waals surface area contributed by atoms with Crippen molar-refractivity contribution in [2.24, 2.45) is 0 Å². The van der Waals surface area contributed by atoms with Gasteiger partial charge in [0, 0.05) is 6.08 Å². The molecule has 74 valence electrons. The van der Waals surface area contributed by atoms with E-state index in [4.69, 9.17) is 0 Å². The van der Waals surface area contributed by atoms with E-state index >= 15 is 0 Å². The summed E-state index contributed by atoms with van der Waals surface area (Å²) in [6.07, 6.45) is -4.01. The third-order valence-corrected chi connectivity index (χ3v) is 0.839. The fraction of sp³-hybridized carbons (Fsp3) is 0.286. The third-order valence-electron chi connectivity index (χ3n) is 0.839. The molecule has 0 rings (SSSR count). The van der Waals surface area contributed by atoms with Gasteiger partial charge in [-0.05, 0) is 6.08 Å². The monoisotopic (exact) mass is 198 g/mol. The lowest BCUT2D eigenvalue weighted by Crippen LogP contribution is -2.06. The van der Waals surface area contributed by atoms with Crippen LogP contribution in [0.25, 0.3) is 0 Å². The number of carbonyl (C=O) groups excluding carboxylic acids is 1. The van der Waals surface area contributed by atoms with Crippen LogP contribution in [-0.2, 0) is 9.53 Å². The average Bonchev–Trinajstić information content (AvgIpc) is 1.95. The highest BCUT2D eigenvalue weighted by molar-refractivity contribution is 5.85. The van der Waals surface area contributed by atoms with Gasteiger partial charge in [0.1, 0.15) is 6.61 Å². The minimum absolute atomic E-state index is 0.110. The minimum atomic E-state index is -4.46. The number of alkyl halides is 3. The first-order valence-corrected chi connectivity index (χ1v) is 3.09. The summed E-state index contributed by atoms with van der Waals surface area (Å²) in [5.74, 6) is -2.72. The van der Waals surface area contributed by atoms with Crippen LogP contribution in [0.5, 0.6) is 0 Å². The minimum Gasteiger partial charge on any atom is -0.456 e. The smallest absolute Gasteiger partial charge is 0.409 e. The van der Waals surface area contributed by atoms with Crippen LogP contribution in [0.15, 0.2) is 24.6 Å². The van der Waals surface area contributed by atoms with Crippen LogP contribution in [-0.4, -0.2) is 18.8 Å². The van der Waals surface area contributed by atoms with E-state index in [-0.39, 0.29) is 6.08 Å². The Labute approximate surface area is 71.5 Å². The van der Waals surface area contributed by atoms with Crippen molar-refractivity contribution >= 4 is 5.97 Å². The second kappa shape index (κ2) is 4.64. The van der Waals surface area contributed by atoms with Crippen molar-refractivity contribution in [2.75, 3.05) is 6.61 Å². The van der Waals surface area contributed by atoms with E-state index in [0.717, 1.165) is 0 Å². The quantitative estimate of drug-likeness (QED) is 0.300. The number of esters is 1. The lowest BCUT2D eigenvalue weighted by molar-refractivity contribution is -0.139. The van der Waals surface area contributed by atoms with E-state index in [2.05, 4.69) is 11.3 Å². The van der Waals surface area contributed by atoms with Gasteiger partial charge in [0.2, 0.25) is 5.83 Å². The Morgan fingerprint density at radius 3 is 2.38 bits per heavy atom. The molecule has 0 unspecified atom stereocenters. The normalized spacial score (nSPS) is 11.7. The van der Waals surface area contributed by atoms with Gasteiger partial charge in [0.05, 0.1) is 0 Å². The van der Waals surface area contributed by atoms with Crippen LogP contribution in [0.1, 0.15) is 0 Å². The third kappa shape index (κ3) is 7.04. The van der Waals surface area contributed by atoms with Crippen molar-refractivity contribution in [3.8, 4) is 0 Å². The molecule has 0 aromatic carbocycles. The van der Waals surface area contributed by atoms with Gasteiger partial charge in [-0.3, -0.25) is 0 Å². The van der Waals surface area contributed by atoms with Crippen molar-refractivity contribution in [3.63, 3.8) is 0 Å². The zero-order chi connectivity index (χ0) is 10.5. The predicted octanol–water partition coefficient (Wildman–Crippen LogP) is 2.13. The van der Waals surface area contributed by atoms with Gasteiger partial charge in [0.15, 0.2) is 0 Å². The molecule has 13 heavy (non-hydrogen) atoms. The van der Waals surface area contributed by atoms with Crippen LogP contribution in [0.2, 0.25) is 0 Å². The van der Waals surface area contributed by atoms with Crippen LogP contribution in [0.3, 0.4) is 0 Å². The van der Waals surface area contributed by atoms with E-state index in [0.29, 0.717) is 6.08 Å². The SMILES string of the molecule is C=C(F)C(=O)OC/C=C/C(F)(F)F. The fourth-order valence-electron chi connectivity index (χ4n) is 0.384. The molecular weight excluding hydrogens is 192 g/mol. The Morgan fingerprint density at radius 1 is 1.46 bits per heavy atom. The molecule has 0 fully saturated rings. The number of allylic oxidation sites excluding steroid dienone is 1. The first-order chi connectivity index (χ1) is 5.83. The molecule has 0 aliphatic carbocycles. The summed E-state index contributed by atoms with van der Waals surface area (Å²) in [6.45, 7) is 1.96. The number of hydrogen-bond donors (Lipinski definition) is 0. The van der Waals surface area contributed by atoms with Crippen molar-refractivity contribution in [1.29, 1.82) is 0 Å². The van der Waals surface area contributed by atoms with Crippen molar-refractivity contribution in [3.05, 3.63) is 24.6 Å². The highest BCUT2D eigenvalue weighted by Gasteiger charge is 2.21. The topological polar surface area (TPSA) is 26.3 Å². The van der Waals surface area contributed by atoms with Gasteiger partial charge in [-0.2, -0.15) is 17.6 Å². The number of rotatable bonds is 3. The maximum Gasteiger partial charge on any atom is 0.409 e.